The Kier molecular flexibility index (Phi) is 6.37. The first-order valence-electron chi connectivity index (χ1n) is 11.7. The lowest BCUT2D eigenvalue weighted by molar-refractivity contribution is -0.0307. The summed E-state index contributed by atoms with van der Waals surface area (Å²) in [4.78, 5) is 10.9. The zero-order valence-electron chi connectivity index (χ0n) is 18.3. The Morgan fingerprint density at radius 3 is 2.45 bits per heavy atom. The van der Waals surface area contributed by atoms with Crippen molar-refractivity contribution >= 4 is 10.9 Å². The number of nitrogens with zero attached hydrogens (tertiary/aromatic N) is 3. The zero-order chi connectivity index (χ0) is 21.0. The van der Waals surface area contributed by atoms with Crippen LogP contribution in [0, 0.1) is 0 Å². The highest BCUT2D eigenvalue weighted by molar-refractivity contribution is 5.82. The van der Waals surface area contributed by atoms with Gasteiger partial charge in [-0.3, -0.25) is 9.80 Å². The molecule has 0 saturated carbocycles. The van der Waals surface area contributed by atoms with Gasteiger partial charge in [-0.2, -0.15) is 0 Å². The molecule has 31 heavy (non-hydrogen) atoms. The molecular weight excluding hydrogens is 384 g/mol. The minimum absolute atomic E-state index is 0.269. The van der Waals surface area contributed by atoms with E-state index in [1.54, 1.807) is 0 Å². The number of aromatic nitrogens is 1. The minimum atomic E-state index is -0.269. The molecule has 3 aromatic rings. The van der Waals surface area contributed by atoms with Crippen molar-refractivity contribution in [2.45, 2.75) is 31.5 Å². The molecule has 3 heterocycles. The van der Waals surface area contributed by atoms with Gasteiger partial charge in [-0.1, -0.05) is 48.5 Å². The van der Waals surface area contributed by atoms with E-state index in [9.17, 15) is 5.11 Å². The van der Waals surface area contributed by atoms with Crippen molar-refractivity contribution in [3.05, 3.63) is 71.9 Å². The number of aliphatic hydroxyl groups excluding tert-OH is 1. The zero-order valence-corrected chi connectivity index (χ0v) is 18.3. The van der Waals surface area contributed by atoms with Gasteiger partial charge in [0.05, 0.1) is 6.10 Å². The number of fused-ring (bicyclic) bond motifs is 1. The van der Waals surface area contributed by atoms with Crippen LogP contribution >= 0.6 is 0 Å². The van der Waals surface area contributed by atoms with E-state index in [-0.39, 0.29) is 6.10 Å². The number of H-pyrrole nitrogens is 1. The summed E-state index contributed by atoms with van der Waals surface area (Å²) in [5, 5.41) is 12.2. The molecular formula is C26H34N4O. The average molecular weight is 419 g/mol. The fourth-order valence-corrected chi connectivity index (χ4v) is 5.31. The van der Waals surface area contributed by atoms with Crippen LogP contribution in [-0.4, -0.2) is 82.7 Å². The lowest BCUT2D eigenvalue weighted by atomic mass is 9.98. The van der Waals surface area contributed by atoms with Gasteiger partial charge < -0.3 is 15.0 Å². The molecule has 2 atom stereocenters. The van der Waals surface area contributed by atoms with E-state index in [1.165, 1.54) is 22.0 Å². The fourth-order valence-electron chi connectivity index (χ4n) is 5.31. The molecule has 5 rings (SSSR count). The molecule has 164 valence electrons. The Morgan fingerprint density at radius 1 is 0.871 bits per heavy atom. The number of hydrogen-bond acceptors (Lipinski definition) is 4. The molecule has 2 aromatic carbocycles. The summed E-state index contributed by atoms with van der Waals surface area (Å²) in [5.74, 6) is 0. The lowest BCUT2D eigenvalue weighted by Gasteiger charge is -2.45. The maximum atomic E-state index is 10.9. The third kappa shape index (κ3) is 4.85. The number of aromatic amines is 1. The molecule has 5 heteroatoms. The number of β-amino-alcohol motifs (C(OH)–C–C–N with tert-alkyl or cyclic N) is 1. The van der Waals surface area contributed by atoms with E-state index in [2.05, 4.69) is 80.5 Å². The van der Waals surface area contributed by atoms with Crippen molar-refractivity contribution in [3.63, 3.8) is 0 Å². The third-order valence-electron chi connectivity index (χ3n) is 7.13. The van der Waals surface area contributed by atoms with Gasteiger partial charge in [0, 0.05) is 75.5 Å². The summed E-state index contributed by atoms with van der Waals surface area (Å²) in [6.07, 6.45) is 4.02. The Balaban J connectivity index is 1.09. The van der Waals surface area contributed by atoms with Crippen LogP contribution in [0.2, 0.25) is 0 Å². The Hall–Kier alpha value is -2.18. The van der Waals surface area contributed by atoms with Crippen molar-refractivity contribution < 1.29 is 5.11 Å². The minimum Gasteiger partial charge on any atom is -0.390 e. The molecule has 2 aliphatic heterocycles. The third-order valence-corrected chi connectivity index (χ3v) is 7.13. The standard InChI is InChI=1S/C26H34N4O/c31-26-20-29(19-22-18-27-24-9-5-4-8-23(22)24)13-11-25(26)30-16-14-28(15-17-30)12-10-21-6-2-1-3-7-21/h1-9,18,25-27,31H,10-17,19-20H2/t25-,26-/m1/s1. The number of aliphatic hydroxyl groups is 1. The number of piperidine rings is 1. The normalized spacial score (nSPS) is 24.0. The van der Waals surface area contributed by atoms with Crippen LogP contribution in [0.5, 0.6) is 0 Å². The van der Waals surface area contributed by atoms with E-state index >= 15 is 0 Å². The monoisotopic (exact) mass is 418 g/mol. The van der Waals surface area contributed by atoms with Gasteiger partial charge >= 0.3 is 0 Å². The number of likely N-dealkylation sites (tertiary alicyclic amines) is 1. The lowest BCUT2D eigenvalue weighted by Crippen LogP contribution is -2.58. The molecule has 5 nitrogen and oxygen atoms in total. The Bertz CT molecular complexity index is 964. The number of rotatable bonds is 6. The maximum absolute atomic E-state index is 10.9. The van der Waals surface area contributed by atoms with Crippen LogP contribution in [0.3, 0.4) is 0 Å². The van der Waals surface area contributed by atoms with Crippen molar-refractivity contribution in [2.24, 2.45) is 0 Å². The number of hydrogen-bond donors (Lipinski definition) is 2. The van der Waals surface area contributed by atoms with Gasteiger partial charge in [0.1, 0.15) is 0 Å². The molecule has 2 aliphatic rings. The van der Waals surface area contributed by atoms with Gasteiger partial charge in [-0.25, -0.2) is 0 Å². The smallest absolute Gasteiger partial charge is 0.0822 e. The van der Waals surface area contributed by atoms with Crippen LogP contribution in [-0.2, 0) is 13.0 Å². The second-order valence-corrected chi connectivity index (χ2v) is 9.13. The summed E-state index contributed by atoms with van der Waals surface area (Å²) in [7, 11) is 0. The summed E-state index contributed by atoms with van der Waals surface area (Å²) in [6.45, 7) is 8.19. The maximum Gasteiger partial charge on any atom is 0.0822 e. The first kappa shape index (κ1) is 20.7. The molecule has 0 radical (unpaired) electrons. The highest BCUT2D eigenvalue weighted by Gasteiger charge is 2.33. The van der Waals surface area contributed by atoms with Gasteiger partial charge in [0.15, 0.2) is 0 Å². The van der Waals surface area contributed by atoms with Crippen molar-refractivity contribution in [1.29, 1.82) is 0 Å². The second kappa shape index (κ2) is 9.53. The van der Waals surface area contributed by atoms with Crippen LogP contribution in [0.15, 0.2) is 60.8 Å². The molecule has 0 aliphatic carbocycles. The van der Waals surface area contributed by atoms with Gasteiger partial charge in [-0.15, -0.1) is 0 Å². The largest absolute Gasteiger partial charge is 0.390 e. The highest BCUT2D eigenvalue weighted by atomic mass is 16.3. The summed E-state index contributed by atoms with van der Waals surface area (Å²) < 4.78 is 0. The second-order valence-electron chi connectivity index (χ2n) is 9.13. The Morgan fingerprint density at radius 2 is 1.65 bits per heavy atom. The van der Waals surface area contributed by atoms with Crippen molar-refractivity contribution in [1.82, 2.24) is 19.7 Å². The van der Waals surface area contributed by atoms with Crippen LogP contribution in [0.1, 0.15) is 17.5 Å². The molecule has 1 aromatic heterocycles. The highest BCUT2D eigenvalue weighted by Crippen LogP contribution is 2.24. The number of benzene rings is 2. The average Bonchev–Trinajstić information content (AvgIpc) is 3.22. The number of piperazine rings is 1. The van der Waals surface area contributed by atoms with Gasteiger partial charge in [0.2, 0.25) is 0 Å². The fraction of sp³-hybridized carbons (Fsp3) is 0.462. The molecule has 0 spiro atoms. The predicted molar refractivity (Wildman–Crippen MR) is 126 cm³/mol. The molecule has 2 fully saturated rings. The van der Waals surface area contributed by atoms with E-state index in [4.69, 9.17) is 0 Å². The van der Waals surface area contributed by atoms with Gasteiger partial charge in [-0.05, 0) is 30.0 Å². The predicted octanol–water partition coefficient (Wildman–Crippen LogP) is 2.96. The first-order chi connectivity index (χ1) is 15.3. The van der Waals surface area contributed by atoms with E-state index in [0.717, 1.165) is 65.2 Å². The summed E-state index contributed by atoms with van der Waals surface area (Å²) >= 11 is 0. The quantitative estimate of drug-likeness (QED) is 0.646. The van der Waals surface area contributed by atoms with Crippen molar-refractivity contribution in [3.8, 4) is 0 Å². The number of para-hydroxylation sites is 1. The molecule has 0 amide bonds. The molecule has 0 unspecified atom stereocenters. The van der Waals surface area contributed by atoms with Gasteiger partial charge in [0.25, 0.3) is 0 Å². The summed E-state index contributed by atoms with van der Waals surface area (Å²) in [6, 6.07) is 19.5. The van der Waals surface area contributed by atoms with Crippen LogP contribution in [0.25, 0.3) is 10.9 Å². The van der Waals surface area contributed by atoms with E-state index in [1.807, 2.05) is 0 Å². The topological polar surface area (TPSA) is 45.7 Å². The first-order valence-corrected chi connectivity index (χ1v) is 11.7. The summed E-state index contributed by atoms with van der Waals surface area (Å²) in [5.41, 5.74) is 3.94. The SMILES string of the molecule is O[C@@H]1CN(Cc2c[nH]c3ccccc23)CC[C@H]1N1CCN(CCc2ccccc2)CC1. The number of nitrogens with one attached hydrogen (secondary N) is 1. The molecule has 2 saturated heterocycles. The van der Waals surface area contributed by atoms with E-state index in [0.29, 0.717) is 6.04 Å². The van der Waals surface area contributed by atoms with Crippen molar-refractivity contribution in [2.75, 3.05) is 45.8 Å². The Labute approximate surface area is 185 Å². The van der Waals surface area contributed by atoms with E-state index < -0.39 is 0 Å². The molecule has 2 N–H and O–H groups in total. The molecule has 0 bridgehead atoms. The van der Waals surface area contributed by atoms with Crippen LogP contribution in [0.4, 0.5) is 0 Å². The van der Waals surface area contributed by atoms with Crippen LogP contribution < -0.4 is 0 Å².